The minimum Gasteiger partial charge on any atom is -0.480 e. The molecule has 13 nitrogen and oxygen atoms in total. The molecule has 3 atom stereocenters. The summed E-state index contributed by atoms with van der Waals surface area (Å²) in [6.45, 7) is 5.30. The van der Waals surface area contributed by atoms with Crippen LogP contribution in [0.15, 0.2) is 0 Å². The number of amides is 1. The molecular formula is C48H84N4O9S. The Balaban J connectivity index is 1.43. The van der Waals surface area contributed by atoms with Crippen molar-refractivity contribution >= 4 is 33.7 Å². The molecule has 0 spiro atoms. The van der Waals surface area contributed by atoms with Crippen LogP contribution in [0.2, 0.25) is 0 Å². The van der Waals surface area contributed by atoms with Crippen LogP contribution in [0.3, 0.4) is 0 Å². The lowest BCUT2D eigenvalue weighted by atomic mass is 9.96. The lowest BCUT2D eigenvalue weighted by molar-refractivity contribution is -0.157. The number of sulfone groups is 1. The number of carbonyl (C=O) groups excluding carboxylic acids is 3. The van der Waals surface area contributed by atoms with Gasteiger partial charge in [0.05, 0.1) is 26.2 Å². The van der Waals surface area contributed by atoms with Gasteiger partial charge in [-0.05, 0) is 19.8 Å². The van der Waals surface area contributed by atoms with Gasteiger partial charge in [0.25, 0.3) is 0 Å². The summed E-state index contributed by atoms with van der Waals surface area (Å²) in [7, 11) is -4.22. The van der Waals surface area contributed by atoms with E-state index in [1.807, 2.05) is 0 Å². The van der Waals surface area contributed by atoms with E-state index in [0.717, 1.165) is 48.1 Å². The molecular weight excluding hydrogens is 809 g/mol. The summed E-state index contributed by atoms with van der Waals surface area (Å²) >= 11 is 0. The molecule has 62 heavy (non-hydrogen) atoms. The fourth-order valence-corrected chi connectivity index (χ4v) is 11.5. The van der Waals surface area contributed by atoms with E-state index in [2.05, 4.69) is 24.2 Å². The molecule has 1 aromatic heterocycles. The maximum atomic E-state index is 13.7. The molecule has 0 saturated carbocycles. The van der Waals surface area contributed by atoms with Crippen LogP contribution >= 0.6 is 0 Å². The maximum absolute atomic E-state index is 13.7. The van der Waals surface area contributed by atoms with Gasteiger partial charge in [-0.15, -0.1) is 5.10 Å². The summed E-state index contributed by atoms with van der Waals surface area (Å²) in [5, 5.41) is 16.7. The molecule has 1 aromatic rings. The van der Waals surface area contributed by atoms with E-state index < -0.39 is 62.1 Å². The molecule has 1 N–H and O–H groups in total. The maximum Gasteiger partial charge on any atom is 0.361 e. The highest BCUT2D eigenvalue weighted by atomic mass is 32.2. The van der Waals surface area contributed by atoms with Crippen LogP contribution in [0.25, 0.3) is 0 Å². The second-order valence-corrected chi connectivity index (χ2v) is 20.9. The summed E-state index contributed by atoms with van der Waals surface area (Å²) < 4.78 is 37.3. The summed E-state index contributed by atoms with van der Waals surface area (Å²) in [6, 6.07) is -1.71. The Morgan fingerprint density at radius 2 is 0.968 bits per heavy atom. The SMILES string of the molecule is CCCCCCCCCCCCCCCCCCOC(=O)c1nnn(C[C@@]2(C)[C@H](C(=O)O)N3C(=O)C[C@@H]3S2(=O)=O)c1C(=O)OCCCCCCCCCCCCCCCCCC. The van der Waals surface area contributed by atoms with E-state index in [1.165, 1.54) is 161 Å². The number of unbranched alkanes of at least 4 members (excludes halogenated alkanes) is 30. The van der Waals surface area contributed by atoms with Gasteiger partial charge in [0.15, 0.2) is 21.6 Å². The van der Waals surface area contributed by atoms with Crippen molar-refractivity contribution in [2.75, 3.05) is 13.2 Å². The minimum atomic E-state index is -4.22. The zero-order chi connectivity index (χ0) is 45.1. The third kappa shape index (κ3) is 17.2. The number of carbonyl (C=O) groups is 4. The third-order valence-electron chi connectivity index (χ3n) is 13.1. The monoisotopic (exact) mass is 893 g/mol. The Morgan fingerprint density at radius 3 is 1.32 bits per heavy atom. The normalized spacial score (nSPS) is 19.1. The number of β-lactam (4-membered cyclic amide) rings is 1. The highest BCUT2D eigenvalue weighted by Gasteiger charge is 2.70. The number of aliphatic carboxylic acids is 1. The van der Waals surface area contributed by atoms with Gasteiger partial charge < -0.3 is 19.5 Å². The zero-order valence-electron chi connectivity index (χ0n) is 39.0. The van der Waals surface area contributed by atoms with Crippen molar-refractivity contribution in [3.8, 4) is 0 Å². The molecule has 0 radical (unpaired) electrons. The van der Waals surface area contributed by atoms with Crippen LogP contribution in [-0.4, -0.2) is 86.6 Å². The van der Waals surface area contributed by atoms with Crippen molar-refractivity contribution in [2.24, 2.45) is 0 Å². The fourth-order valence-electron chi connectivity index (χ4n) is 9.12. The molecule has 0 aromatic carbocycles. The largest absolute Gasteiger partial charge is 0.480 e. The van der Waals surface area contributed by atoms with E-state index in [4.69, 9.17) is 9.47 Å². The Labute approximate surface area is 374 Å². The molecule has 0 bridgehead atoms. The molecule has 2 aliphatic rings. The number of nitrogens with zero attached hydrogens (tertiary/aromatic N) is 4. The van der Waals surface area contributed by atoms with Crippen LogP contribution in [0.1, 0.15) is 254 Å². The number of ether oxygens (including phenoxy) is 2. The predicted octanol–water partition coefficient (Wildman–Crippen LogP) is 11.3. The molecule has 2 fully saturated rings. The Hall–Kier alpha value is -3.03. The lowest BCUT2D eigenvalue weighted by Crippen LogP contribution is -2.58. The Bertz CT molecular complexity index is 1570. The predicted molar refractivity (Wildman–Crippen MR) is 244 cm³/mol. The van der Waals surface area contributed by atoms with Gasteiger partial charge in [0, 0.05) is 0 Å². The summed E-state index contributed by atoms with van der Waals surface area (Å²) in [5.74, 6) is -3.88. The highest BCUT2D eigenvalue weighted by molar-refractivity contribution is 7.93. The van der Waals surface area contributed by atoms with Gasteiger partial charge >= 0.3 is 17.9 Å². The third-order valence-corrected chi connectivity index (χ3v) is 15.9. The average molecular weight is 893 g/mol. The van der Waals surface area contributed by atoms with Crippen LogP contribution in [0, 0.1) is 0 Å². The van der Waals surface area contributed by atoms with Crippen molar-refractivity contribution in [3.63, 3.8) is 0 Å². The number of aromatic nitrogens is 3. The quantitative estimate of drug-likeness (QED) is 0.0378. The van der Waals surface area contributed by atoms with Crippen molar-refractivity contribution < 1.29 is 42.2 Å². The van der Waals surface area contributed by atoms with E-state index in [-0.39, 0.29) is 25.3 Å². The topological polar surface area (TPSA) is 175 Å². The standard InChI is InChI=1S/C48H84N4O9S/c1-4-6-8-10-12-14-16-18-20-22-24-26-28-30-32-34-36-60-46(56)42-43(47(57)61-37-35-33-31-29-27-25-23-21-19-17-15-13-11-9-7-5-2)51(50-49-42)39-48(3)44(45(54)55)52-40(53)38-41(52)62(48,58)59/h41,44H,4-39H2,1-3H3,(H,54,55)/t41-,44-,48-/m0/s1. The van der Waals surface area contributed by atoms with E-state index >= 15 is 0 Å². The highest BCUT2D eigenvalue weighted by Crippen LogP contribution is 2.47. The summed E-state index contributed by atoms with van der Waals surface area (Å²) in [5.41, 5.74) is -0.803. The van der Waals surface area contributed by atoms with Gasteiger partial charge in [-0.25, -0.2) is 27.5 Å². The van der Waals surface area contributed by atoms with E-state index in [0.29, 0.717) is 12.8 Å². The molecule has 2 saturated heterocycles. The van der Waals surface area contributed by atoms with Gasteiger partial charge in [0.1, 0.15) is 10.1 Å². The molecule has 3 rings (SSSR count). The van der Waals surface area contributed by atoms with Crippen LogP contribution < -0.4 is 0 Å². The van der Waals surface area contributed by atoms with Gasteiger partial charge in [-0.3, -0.25) is 4.79 Å². The first-order valence-electron chi connectivity index (χ1n) is 25.1. The number of hydrogen-bond acceptors (Lipinski definition) is 10. The van der Waals surface area contributed by atoms with E-state index in [9.17, 15) is 32.7 Å². The second-order valence-electron chi connectivity index (χ2n) is 18.4. The molecule has 0 aliphatic carbocycles. The molecule has 356 valence electrons. The minimum absolute atomic E-state index is 0.0772. The van der Waals surface area contributed by atoms with Crippen LogP contribution in [-0.2, 0) is 35.4 Å². The van der Waals surface area contributed by atoms with Crippen LogP contribution in [0.5, 0.6) is 0 Å². The first-order valence-corrected chi connectivity index (χ1v) is 26.6. The number of hydrogen-bond donors (Lipinski definition) is 1. The number of carboxylic acids is 1. The fraction of sp³-hybridized carbons (Fsp3) is 0.875. The average Bonchev–Trinajstić information content (AvgIpc) is 3.72. The lowest BCUT2D eigenvalue weighted by Gasteiger charge is -2.35. The van der Waals surface area contributed by atoms with Crippen molar-refractivity contribution in [1.29, 1.82) is 0 Å². The van der Waals surface area contributed by atoms with E-state index in [1.54, 1.807) is 0 Å². The number of fused-ring (bicyclic) bond motifs is 1. The number of esters is 2. The summed E-state index contributed by atoms with van der Waals surface area (Å²) in [4.78, 5) is 52.6. The Kier molecular flexibility index (Phi) is 25.9. The van der Waals surface area contributed by atoms with Gasteiger partial charge in [-0.2, -0.15) is 0 Å². The molecule has 3 heterocycles. The number of carboxylic acid groups (broad SMARTS) is 1. The van der Waals surface area contributed by atoms with Crippen molar-refractivity contribution in [1.82, 2.24) is 19.9 Å². The molecule has 14 heteroatoms. The van der Waals surface area contributed by atoms with Crippen LogP contribution in [0.4, 0.5) is 0 Å². The molecule has 0 unspecified atom stereocenters. The van der Waals surface area contributed by atoms with Crippen molar-refractivity contribution in [3.05, 3.63) is 11.4 Å². The zero-order valence-corrected chi connectivity index (χ0v) is 39.8. The van der Waals surface area contributed by atoms with Crippen molar-refractivity contribution in [2.45, 2.75) is 255 Å². The summed E-state index contributed by atoms with van der Waals surface area (Å²) in [6.07, 6.45) is 38.5. The number of rotatable bonds is 39. The Morgan fingerprint density at radius 1 is 0.613 bits per heavy atom. The molecule has 1 amide bonds. The molecule has 2 aliphatic heterocycles. The van der Waals surface area contributed by atoms with Gasteiger partial charge in [-0.1, -0.05) is 212 Å². The van der Waals surface area contributed by atoms with Gasteiger partial charge in [0.2, 0.25) is 11.6 Å². The first-order chi connectivity index (χ1) is 30.0. The first kappa shape index (κ1) is 53.3. The second kappa shape index (κ2) is 30.2. The smallest absolute Gasteiger partial charge is 0.361 e.